The van der Waals surface area contributed by atoms with Gasteiger partial charge in [0.25, 0.3) is 0 Å². The number of carbonyl (C=O) groups is 1. The summed E-state index contributed by atoms with van der Waals surface area (Å²) in [4.78, 5) is 11.8. The van der Waals surface area contributed by atoms with Crippen LogP contribution in [0.2, 0.25) is 0 Å². The third kappa shape index (κ3) is 5.74. The molecule has 0 aromatic heterocycles. The minimum Gasteiger partial charge on any atom is -0.454 e. The van der Waals surface area contributed by atoms with Crippen LogP contribution in [0, 0.1) is 0 Å². The van der Waals surface area contributed by atoms with Crippen LogP contribution in [-0.4, -0.2) is 41.8 Å². The Morgan fingerprint density at radius 3 is 2.05 bits per heavy atom. The number of hydrogen-bond donors (Lipinski definition) is 0. The van der Waals surface area contributed by atoms with Crippen molar-refractivity contribution in [1.29, 1.82) is 0 Å². The fourth-order valence-electron chi connectivity index (χ4n) is 1.94. The fourth-order valence-corrected chi connectivity index (χ4v) is 4.04. The quantitative estimate of drug-likeness (QED) is 0.254. The summed E-state index contributed by atoms with van der Waals surface area (Å²) in [5.74, 6) is -0.437. The molecular formula is C14H28O5Si. The Balaban J connectivity index is 4.83. The van der Waals surface area contributed by atoms with Gasteiger partial charge in [-0.25, -0.2) is 4.79 Å². The maximum Gasteiger partial charge on any atom is 0.543 e. The first-order chi connectivity index (χ1) is 9.47. The number of ether oxygens (including phenoxy) is 1. The zero-order chi connectivity index (χ0) is 15.6. The maximum atomic E-state index is 11.8. The molecule has 0 amide bonds. The fraction of sp³-hybridized carbons (Fsp3) is 0.786. The minimum absolute atomic E-state index is 0.356. The van der Waals surface area contributed by atoms with E-state index in [1.54, 1.807) is 6.92 Å². The van der Waals surface area contributed by atoms with Gasteiger partial charge in [-0.1, -0.05) is 32.8 Å². The first-order valence-corrected chi connectivity index (χ1v) is 8.79. The monoisotopic (exact) mass is 304 g/mol. The molecule has 0 N–H and O–H groups in total. The van der Waals surface area contributed by atoms with Crippen LogP contribution in [-0.2, 0) is 22.8 Å². The second-order valence-electron chi connectivity index (χ2n) is 4.74. The number of hydrogen-bond acceptors (Lipinski definition) is 5. The van der Waals surface area contributed by atoms with Gasteiger partial charge < -0.3 is 18.0 Å². The van der Waals surface area contributed by atoms with Crippen molar-refractivity contribution in [3.63, 3.8) is 0 Å². The number of carbonyl (C=O) groups excluding carboxylic acids is 1. The summed E-state index contributed by atoms with van der Waals surface area (Å²) in [5, 5.41) is 0. The summed E-state index contributed by atoms with van der Waals surface area (Å²) in [6, 6.07) is 0. The van der Waals surface area contributed by atoms with E-state index in [9.17, 15) is 4.79 Å². The molecular weight excluding hydrogens is 276 g/mol. The lowest BCUT2D eigenvalue weighted by molar-refractivity contribution is -0.144. The van der Waals surface area contributed by atoms with Crippen LogP contribution < -0.4 is 0 Å². The average molecular weight is 304 g/mol. The molecule has 0 fully saturated rings. The first-order valence-electron chi connectivity index (χ1n) is 6.99. The Bertz CT molecular complexity index is 294. The normalized spacial score (nSPS) is 13.1. The highest BCUT2D eigenvalue weighted by Crippen LogP contribution is 2.22. The zero-order valence-corrected chi connectivity index (χ0v) is 14.4. The van der Waals surface area contributed by atoms with E-state index < -0.39 is 20.5 Å². The van der Waals surface area contributed by atoms with Gasteiger partial charge in [-0.3, -0.25) is 0 Å². The van der Waals surface area contributed by atoms with E-state index in [1.165, 1.54) is 21.3 Å². The van der Waals surface area contributed by atoms with Crippen molar-refractivity contribution in [2.75, 3.05) is 21.3 Å². The van der Waals surface area contributed by atoms with Gasteiger partial charge in [-0.05, 0) is 19.8 Å². The van der Waals surface area contributed by atoms with E-state index in [0.717, 1.165) is 25.7 Å². The molecule has 0 saturated heterocycles. The molecule has 0 aromatic carbocycles. The van der Waals surface area contributed by atoms with Gasteiger partial charge in [-0.15, -0.1) is 0 Å². The summed E-state index contributed by atoms with van der Waals surface area (Å²) >= 11 is 0. The maximum absolute atomic E-state index is 11.8. The van der Waals surface area contributed by atoms with Gasteiger partial charge >= 0.3 is 14.8 Å². The summed E-state index contributed by atoms with van der Waals surface area (Å²) in [6.45, 7) is 7.36. The molecule has 1 unspecified atom stereocenters. The molecule has 0 heterocycles. The van der Waals surface area contributed by atoms with Crippen molar-refractivity contribution in [3.05, 3.63) is 12.2 Å². The minimum atomic E-state index is -3.00. The SMILES string of the molecule is C=C(C)C(=O)OC(CCCCCC)[Si](OC)(OC)OC. The number of esters is 1. The highest BCUT2D eigenvalue weighted by Gasteiger charge is 2.50. The van der Waals surface area contributed by atoms with E-state index >= 15 is 0 Å². The van der Waals surface area contributed by atoms with Gasteiger partial charge in [-0.2, -0.15) is 0 Å². The second-order valence-corrected chi connectivity index (χ2v) is 7.82. The summed E-state index contributed by atoms with van der Waals surface area (Å²) < 4.78 is 21.7. The molecule has 5 nitrogen and oxygen atoms in total. The van der Waals surface area contributed by atoms with Crippen LogP contribution in [0.5, 0.6) is 0 Å². The van der Waals surface area contributed by atoms with Crippen molar-refractivity contribution in [2.45, 2.75) is 51.7 Å². The predicted molar refractivity (Wildman–Crippen MR) is 80.2 cm³/mol. The van der Waals surface area contributed by atoms with Gasteiger partial charge in [0.15, 0.2) is 5.73 Å². The molecule has 0 saturated carbocycles. The van der Waals surface area contributed by atoms with E-state index in [1.807, 2.05) is 0 Å². The molecule has 118 valence electrons. The van der Waals surface area contributed by atoms with Crippen LogP contribution >= 0.6 is 0 Å². The van der Waals surface area contributed by atoms with Gasteiger partial charge in [0, 0.05) is 26.9 Å². The summed E-state index contributed by atoms with van der Waals surface area (Å²) in [5.41, 5.74) is -0.140. The van der Waals surface area contributed by atoms with Crippen LogP contribution in [0.1, 0.15) is 46.0 Å². The molecule has 20 heavy (non-hydrogen) atoms. The Labute approximate surface area is 123 Å². The van der Waals surface area contributed by atoms with Crippen LogP contribution in [0.3, 0.4) is 0 Å². The first kappa shape index (κ1) is 19.3. The van der Waals surface area contributed by atoms with E-state index in [2.05, 4.69) is 13.5 Å². The largest absolute Gasteiger partial charge is 0.543 e. The predicted octanol–water partition coefficient (Wildman–Crippen LogP) is 2.86. The molecule has 0 aliphatic heterocycles. The lowest BCUT2D eigenvalue weighted by Crippen LogP contribution is -2.56. The van der Waals surface area contributed by atoms with Crippen LogP contribution in [0.25, 0.3) is 0 Å². The molecule has 0 bridgehead atoms. The van der Waals surface area contributed by atoms with Crippen LogP contribution in [0.4, 0.5) is 0 Å². The Morgan fingerprint density at radius 2 is 1.65 bits per heavy atom. The highest BCUT2D eigenvalue weighted by atomic mass is 28.4. The lowest BCUT2D eigenvalue weighted by atomic mass is 10.2. The van der Waals surface area contributed by atoms with Gasteiger partial charge in [0.2, 0.25) is 0 Å². The van der Waals surface area contributed by atoms with E-state index in [0.29, 0.717) is 12.0 Å². The van der Waals surface area contributed by atoms with Crippen molar-refractivity contribution < 1.29 is 22.8 Å². The van der Waals surface area contributed by atoms with Crippen molar-refractivity contribution >= 4 is 14.8 Å². The Hall–Kier alpha value is -0.693. The highest BCUT2D eigenvalue weighted by molar-refractivity contribution is 6.62. The van der Waals surface area contributed by atoms with Crippen molar-refractivity contribution in [3.8, 4) is 0 Å². The summed E-state index contributed by atoms with van der Waals surface area (Å²) in [7, 11) is 1.56. The average Bonchev–Trinajstić information content (AvgIpc) is 2.45. The molecule has 1 atom stereocenters. The van der Waals surface area contributed by atoms with Gasteiger partial charge in [0.1, 0.15) is 0 Å². The van der Waals surface area contributed by atoms with Crippen molar-refractivity contribution in [2.24, 2.45) is 0 Å². The van der Waals surface area contributed by atoms with E-state index in [4.69, 9.17) is 18.0 Å². The molecule has 6 heteroatoms. The Kier molecular flexibility index (Phi) is 9.74. The summed E-state index contributed by atoms with van der Waals surface area (Å²) in [6.07, 6.45) is 4.99. The van der Waals surface area contributed by atoms with Crippen molar-refractivity contribution in [1.82, 2.24) is 0 Å². The number of unbranched alkanes of at least 4 members (excludes halogenated alkanes) is 3. The standard InChI is InChI=1S/C14H28O5Si/c1-7-8-9-10-11-13(19-14(15)12(2)3)20(16-4,17-5)18-6/h13H,2,7-11H2,1,3-6H3. The topological polar surface area (TPSA) is 54.0 Å². The molecule has 0 aliphatic rings. The molecule has 0 aromatic rings. The van der Waals surface area contributed by atoms with Crippen LogP contribution in [0.15, 0.2) is 12.2 Å². The third-order valence-electron chi connectivity index (χ3n) is 3.17. The third-order valence-corrected chi connectivity index (χ3v) is 6.07. The molecule has 0 aliphatic carbocycles. The Morgan fingerprint density at radius 1 is 1.10 bits per heavy atom. The molecule has 0 rings (SSSR count). The molecule has 0 spiro atoms. The smallest absolute Gasteiger partial charge is 0.454 e. The lowest BCUT2D eigenvalue weighted by Gasteiger charge is -2.31. The van der Waals surface area contributed by atoms with Gasteiger partial charge in [0.05, 0.1) is 0 Å². The number of rotatable bonds is 11. The second kappa shape index (κ2) is 10.1. The zero-order valence-electron chi connectivity index (χ0n) is 13.4. The van der Waals surface area contributed by atoms with E-state index in [-0.39, 0.29) is 0 Å². The molecule has 0 radical (unpaired) electrons.